The predicted molar refractivity (Wildman–Crippen MR) is 60.9 cm³/mol. The van der Waals surface area contributed by atoms with E-state index >= 15 is 0 Å². The molecule has 1 N–H and O–H groups in total. The minimum Gasteiger partial charge on any atom is -0.454 e. The van der Waals surface area contributed by atoms with Crippen LogP contribution in [0.5, 0.6) is 5.75 Å². The Morgan fingerprint density at radius 1 is 1.40 bits per heavy atom. The summed E-state index contributed by atoms with van der Waals surface area (Å²) in [6.45, 7) is 3.64. The Hall–Kier alpha value is -1.74. The zero-order valence-electron chi connectivity index (χ0n) is 7.90. The van der Waals surface area contributed by atoms with Gasteiger partial charge in [-0.25, -0.2) is 4.99 Å². The van der Waals surface area contributed by atoms with E-state index in [0.717, 1.165) is 0 Å². The lowest BCUT2D eigenvalue weighted by atomic mass is 10.3. The average Bonchev–Trinajstić information content (AvgIpc) is 2.22. The Morgan fingerprint density at radius 3 is 2.93 bits per heavy atom. The third-order valence-corrected chi connectivity index (χ3v) is 2.00. The molecular weight excluding hydrogens is 212 g/mol. The lowest BCUT2D eigenvalue weighted by Crippen LogP contribution is -2.12. The van der Waals surface area contributed by atoms with Crippen molar-refractivity contribution in [3.63, 3.8) is 0 Å². The van der Waals surface area contributed by atoms with Crippen molar-refractivity contribution >= 4 is 17.8 Å². The van der Waals surface area contributed by atoms with E-state index in [1.54, 1.807) is 24.5 Å². The van der Waals surface area contributed by atoms with E-state index in [9.17, 15) is 0 Å². The maximum atomic E-state index is 5.82. The van der Waals surface area contributed by atoms with Crippen LogP contribution in [0.15, 0.2) is 53.6 Å². The van der Waals surface area contributed by atoms with Gasteiger partial charge >= 0.3 is 0 Å². The van der Waals surface area contributed by atoms with E-state index in [1.807, 2.05) is 12.1 Å². The van der Waals surface area contributed by atoms with Crippen LogP contribution in [0.1, 0.15) is 0 Å². The van der Waals surface area contributed by atoms with E-state index < -0.39 is 0 Å². The standard InChI is InChI=1S/C11H9ClN2O/c1-8-13-6-11(7-14-8)15-10-4-2-3-9(12)5-10/h2-7,13H,1H2. The van der Waals surface area contributed by atoms with E-state index in [4.69, 9.17) is 16.3 Å². The van der Waals surface area contributed by atoms with Gasteiger partial charge in [-0.05, 0) is 18.2 Å². The molecule has 0 spiro atoms. The van der Waals surface area contributed by atoms with Gasteiger partial charge in [0.15, 0.2) is 5.76 Å². The molecule has 15 heavy (non-hydrogen) atoms. The minimum absolute atomic E-state index is 0.591. The Bertz CT molecular complexity index is 452. The molecule has 1 aromatic carbocycles. The molecule has 0 aromatic heterocycles. The maximum Gasteiger partial charge on any atom is 0.161 e. The summed E-state index contributed by atoms with van der Waals surface area (Å²) in [7, 11) is 0. The first-order valence-electron chi connectivity index (χ1n) is 4.37. The van der Waals surface area contributed by atoms with Crippen LogP contribution in [-0.4, -0.2) is 6.21 Å². The van der Waals surface area contributed by atoms with E-state index in [-0.39, 0.29) is 0 Å². The van der Waals surface area contributed by atoms with Crippen molar-refractivity contribution < 1.29 is 4.74 Å². The molecule has 0 bridgehead atoms. The third-order valence-electron chi connectivity index (χ3n) is 1.76. The highest BCUT2D eigenvalue weighted by Gasteiger charge is 2.02. The molecule has 4 heteroatoms. The van der Waals surface area contributed by atoms with Crippen LogP contribution in [0.2, 0.25) is 5.02 Å². The minimum atomic E-state index is 0.591. The first kappa shape index (κ1) is 9.80. The van der Waals surface area contributed by atoms with Crippen LogP contribution in [0.4, 0.5) is 0 Å². The van der Waals surface area contributed by atoms with E-state index in [2.05, 4.69) is 16.9 Å². The molecule has 1 heterocycles. The van der Waals surface area contributed by atoms with Gasteiger partial charge in [0.1, 0.15) is 11.6 Å². The predicted octanol–water partition coefficient (Wildman–Crippen LogP) is 2.71. The number of nitrogens with zero attached hydrogens (tertiary/aromatic N) is 1. The summed E-state index contributed by atoms with van der Waals surface area (Å²) >= 11 is 5.82. The summed E-state index contributed by atoms with van der Waals surface area (Å²) in [6.07, 6.45) is 3.29. The second-order valence-corrected chi connectivity index (χ2v) is 3.39. The molecule has 0 saturated carbocycles. The molecule has 76 valence electrons. The van der Waals surface area contributed by atoms with Gasteiger partial charge in [-0.1, -0.05) is 24.2 Å². The van der Waals surface area contributed by atoms with Crippen LogP contribution in [0.3, 0.4) is 0 Å². The molecule has 3 nitrogen and oxygen atoms in total. The highest BCUT2D eigenvalue weighted by molar-refractivity contribution is 6.30. The highest BCUT2D eigenvalue weighted by Crippen LogP contribution is 2.19. The fourth-order valence-corrected chi connectivity index (χ4v) is 1.27. The Morgan fingerprint density at radius 2 is 2.27 bits per heavy atom. The van der Waals surface area contributed by atoms with Crippen molar-refractivity contribution in [2.45, 2.75) is 0 Å². The molecule has 1 aliphatic rings. The first-order valence-corrected chi connectivity index (χ1v) is 4.75. The lowest BCUT2D eigenvalue weighted by molar-refractivity contribution is 0.451. The molecule has 0 radical (unpaired) electrons. The Kier molecular flexibility index (Phi) is 2.74. The second-order valence-electron chi connectivity index (χ2n) is 2.96. The molecule has 1 aliphatic heterocycles. The molecule has 0 atom stereocenters. The number of aliphatic imine (C=N–C) groups is 1. The van der Waals surface area contributed by atoms with Crippen molar-refractivity contribution in [2.75, 3.05) is 0 Å². The molecule has 0 amide bonds. The number of benzene rings is 1. The number of rotatable bonds is 2. The van der Waals surface area contributed by atoms with Gasteiger partial charge in [-0.15, -0.1) is 0 Å². The van der Waals surface area contributed by atoms with Crippen molar-refractivity contribution in [3.05, 3.63) is 53.6 Å². The van der Waals surface area contributed by atoms with Gasteiger partial charge < -0.3 is 10.1 Å². The summed E-state index contributed by atoms with van der Waals surface area (Å²) in [6, 6.07) is 7.17. The number of nitrogens with one attached hydrogen (secondary N) is 1. The fourth-order valence-electron chi connectivity index (χ4n) is 1.09. The van der Waals surface area contributed by atoms with Gasteiger partial charge in [0, 0.05) is 11.2 Å². The number of hydrogen-bond acceptors (Lipinski definition) is 3. The molecule has 0 saturated heterocycles. The topological polar surface area (TPSA) is 33.6 Å². The smallest absolute Gasteiger partial charge is 0.161 e. The number of allylic oxidation sites excluding steroid dienone is 1. The monoisotopic (exact) mass is 220 g/mol. The van der Waals surface area contributed by atoms with Crippen LogP contribution >= 0.6 is 11.6 Å². The van der Waals surface area contributed by atoms with Crippen molar-refractivity contribution in [1.29, 1.82) is 0 Å². The lowest BCUT2D eigenvalue weighted by Gasteiger charge is -2.10. The van der Waals surface area contributed by atoms with E-state index in [0.29, 0.717) is 22.4 Å². The van der Waals surface area contributed by atoms with Crippen LogP contribution in [0.25, 0.3) is 0 Å². The number of halogens is 1. The molecule has 2 rings (SSSR count). The van der Waals surface area contributed by atoms with E-state index in [1.165, 1.54) is 0 Å². The summed E-state index contributed by atoms with van der Waals surface area (Å²) < 4.78 is 5.51. The van der Waals surface area contributed by atoms with Gasteiger partial charge in [0.05, 0.1) is 6.21 Å². The van der Waals surface area contributed by atoms with Crippen molar-refractivity contribution in [1.82, 2.24) is 5.32 Å². The zero-order valence-corrected chi connectivity index (χ0v) is 8.66. The zero-order chi connectivity index (χ0) is 10.7. The third kappa shape index (κ3) is 2.60. The first-order chi connectivity index (χ1) is 7.24. The maximum absolute atomic E-state index is 5.82. The van der Waals surface area contributed by atoms with Crippen LogP contribution in [-0.2, 0) is 0 Å². The fraction of sp³-hybridized carbons (Fsp3) is 0. The quantitative estimate of drug-likeness (QED) is 0.832. The average molecular weight is 221 g/mol. The molecular formula is C11H9ClN2O. The van der Waals surface area contributed by atoms with Gasteiger partial charge in [-0.3, -0.25) is 0 Å². The number of ether oxygens (including phenoxy) is 1. The van der Waals surface area contributed by atoms with Gasteiger partial charge in [0.2, 0.25) is 0 Å². The molecule has 0 aliphatic carbocycles. The van der Waals surface area contributed by atoms with Crippen LogP contribution in [0, 0.1) is 0 Å². The second kappa shape index (κ2) is 4.19. The summed E-state index contributed by atoms with van der Waals surface area (Å²) in [5, 5.41) is 3.49. The van der Waals surface area contributed by atoms with Gasteiger partial charge in [0.25, 0.3) is 0 Å². The summed E-state index contributed by atoms with van der Waals surface area (Å²) in [5.41, 5.74) is 0. The number of hydrogen-bond donors (Lipinski definition) is 1. The highest BCUT2D eigenvalue weighted by atomic mass is 35.5. The molecule has 0 unspecified atom stereocenters. The van der Waals surface area contributed by atoms with Crippen molar-refractivity contribution in [3.8, 4) is 5.75 Å². The van der Waals surface area contributed by atoms with Crippen molar-refractivity contribution in [2.24, 2.45) is 4.99 Å². The largest absolute Gasteiger partial charge is 0.454 e. The summed E-state index contributed by atoms with van der Waals surface area (Å²) in [4.78, 5) is 3.97. The Balaban J connectivity index is 2.10. The Labute approximate surface area is 92.7 Å². The SMILES string of the molecule is C=C1N=CC(Oc2cccc(Cl)c2)=CN1. The normalized spacial score (nSPS) is 14.5. The summed E-state index contributed by atoms with van der Waals surface area (Å²) in [5.74, 6) is 1.88. The van der Waals surface area contributed by atoms with Gasteiger partial charge in [-0.2, -0.15) is 0 Å². The van der Waals surface area contributed by atoms with Crippen LogP contribution < -0.4 is 10.1 Å². The molecule has 1 aromatic rings. The molecule has 0 fully saturated rings.